The standard InChI is InChI=1S/C26H27F4N7O2/c1-35-6-8-36(9-7-35)22-12-20(27)17(16-13-32-25(33-14-16)37-4-2-3-5-37)10-21(22)34-24(39)18-15-31-23(38)11-19(18)26(28,29)30/h10-15H,2-9H2,1H3,(H,31,38)(H,34,39). The number of H-pyrrole nitrogens is 1. The number of hydrogen-bond donors (Lipinski definition) is 2. The van der Waals surface area contributed by atoms with Crippen LogP contribution in [0.5, 0.6) is 0 Å². The molecule has 3 aromatic rings. The molecule has 0 atom stereocenters. The molecular formula is C26H27F4N7O2. The van der Waals surface area contributed by atoms with Gasteiger partial charge in [0.2, 0.25) is 11.5 Å². The Labute approximate surface area is 221 Å². The number of carbonyl (C=O) groups is 1. The van der Waals surface area contributed by atoms with Crippen LogP contribution in [-0.2, 0) is 6.18 Å². The van der Waals surface area contributed by atoms with Gasteiger partial charge in [-0.2, -0.15) is 13.2 Å². The fraction of sp³-hybridized carbons (Fsp3) is 0.385. The van der Waals surface area contributed by atoms with Gasteiger partial charge in [0.05, 0.1) is 22.5 Å². The number of hydrogen-bond acceptors (Lipinski definition) is 7. The van der Waals surface area contributed by atoms with Crippen LogP contribution in [0.1, 0.15) is 28.8 Å². The minimum Gasteiger partial charge on any atom is -0.367 e. The van der Waals surface area contributed by atoms with E-state index in [1.54, 1.807) is 0 Å². The van der Waals surface area contributed by atoms with Crippen molar-refractivity contribution in [3.05, 3.63) is 64.1 Å². The highest BCUT2D eigenvalue weighted by Gasteiger charge is 2.36. The Balaban J connectivity index is 1.53. The van der Waals surface area contributed by atoms with Gasteiger partial charge in [-0.3, -0.25) is 9.59 Å². The number of benzene rings is 1. The van der Waals surface area contributed by atoms with E-state index in [1.165, 1.54) is 24.5 Å². The Hall–Kier alpha value is -4.00. The van der Waals surface area contributed by atoms with Gasteiger partial charge in [-0.05, 0) is 32.0 Å². The van der Waals surface area contributed by atoms with Crippen molar-refractivity contribution >= 4 is 23.2 Å². The van der Waals surface area contributed by atoms with Crippen LogP contribution in [0.3, 0.4) is 0 Å². The number of carbonyl (C=O) groups excluding carboxylic acids is 1. The second-order valence-corrected chi connectivity index (χ2v) is 9.68. The molecule has 1 aromatic carbocycles. The zero-order valence-corrected chi connectivity index (χ0v) is 21.2. The number of aromatic amines is 1. The second-order valence-electron chi connectivity index (χ2n) is 9.68. The number of piperazine rings is 1. The van der Waals surface area contributed by atoms with E-state index in [1.807, 2.05) is 16.8 Å². The molecule has 0 bridgehead atoms. The van der Waals surface area contributed by atoms with Crippen molar-refractivity contribution in [1.29, 1.82) is 0 Å². The van der Waals surface area contributed by atoms with Gasteiger partial charge in [-0.25, -0.2) is 14.4 Å². The average Bonchev–Trinajstić information content (AvgIpc) is 3.45. The SMILES string of the molecule is CN1CCN(c2cc(F)c(-c3cnc(N4CCCC4)nc3)cc2NC(=O)c2c[nH]c(=O)cc2C(F)(F)F)CC1. The molecule has 0 radical (unpaired) electrons. The molecule has 39 heavy (non-hydrogen) atoms. The smallest absolute Gasteiger partial charge is 0.367 e. The summed E-state index contributed by atoms with van der Waals surface area (Å²) in [5, 5.41) is 2.53. The van der Waals surface area contributed by atoms with Crippen LogP contribution < -0.4 is 20.7 Å². The summed E-state index contributed by atoms with van der Waals surface area (Å²) in [6.45, 7) is 4.10. The molecule has 2 saturated heterocycles. The Bertz CT molecular complexity index is 1410. The highest BCUT2D eigenvalue weighted by atomic mass is 19.4. The quantitative estimate of drug-likeness (QED) is 0.473. The lowest BCUT2D eigenvalue weighted by Crippen LogP contribution is -2.44. The minimum absolute atomic E-state index is 0.0914. The Morgan fingerprint density at radius 2 is 1.64 bits per heavy atom. The van der Waals surface area contributed by atoms with E-state index in [2.05, 4.69) is 25.2 Å². The molecule has 0 unspecified atom stereocenters. The summed E-state index contributed by atoms with van der Waals surface area (Å²) in [7, 11) is 1.95. The van der Waals surface area contributed by atoms with Gasteiger partial charge < -0.3 is 25.0 Å². The number of likely N-dealkylation sites (N-methyl/N-ethyl adjacent to an activating group) is 1. The summed E-state index contributed by atoms with van der Waals surface area (Å²) in [5.74, 6) is -1.14. The first-order chi connectivity index (χ1) is 18.6. The highest BCUT2D eigenvalue weighted by Crippen LogP contribution is 2.36. The van der Waals surface area contributed by atoms with Gasteiger partial charge in [-0.15, -0.1) is 0 Å². The molecule has 2 fully saturated rings. The first kappa shape index (κ1) is 26.6. The van der Waals surface area contributed by atoms with Crippen LogP contribution in [-0.4, -0.2) is 72.1 Å². The molecule has 2 N–H and O–H groups in total. The maximum atomic E-state index is 15.5. The van der Waals surface area contributed by atoms with Gasteiger partial charge in [0.1, 0.15) is 5.82 Å². The lowest BCUT2D eigenvalue weighted by Gasteiger charge is -2.35. The normalized spacial score (nSPS) is 16.5. The molecule has 5 rings (SSSR count). The van der Waals surface area contributed by atoms with E-state index >= 15 is 4.39 Å². The predicted molar refractivity (Wildman–Crippen MR) is 139 cm³/mol. The molecule has 1 amide bonds. The molecule has 206 valence electrons. The number of alkyl halides is 3. The van der Waals surface area contributed by atoms with Crippen LogP contribution in [0.4, 0.5) is 34.9 Å². The molecule has 0 spiro atoms. The van der Waals surface area contributed by atoms with Crippen molar-refractivity contribution in [2.24, 2.45) is 0 Å². The van der Waals surface area contributed by atoms with Crippen LogP contribution in [0.15, 0.2) is 41.6 Å². The van der Waals surface area contributed by atoms with Crippen molar-refractivity contribution in [1.82, 2.24) is 19.9 Å². The zero-order chi connectivity index (χ0) is 27.7. The maximum absolute atomic E-state index is 15.5. The topological polar surface area (TPSA) is 97.5 Å². The number of amides is 1. The first-order valence-corrected chi connectivity index (χ1v) is 12.6. The Morgan fingerprint density at radius 1 is 0.974 bits per heavy atom. The number of nitrogens with zero attached hydrogens (tertiary/aromatic N) is 5. The van der Waals surface area contributed by atoms with Gasteiger partial charge in [0.25, 0.3) is 5.91 Å². The molecule has 0 saturated carbocycles. The fourth-order valence-electron chi connectivity index (χ4n) is 4.82. The third-order valence-electron chi connectivity index (χ3n) is 6.99. The monoisotopic (exact) mass is 545 g/mol. The van der Waals surface area contributed by atoms with E-state index in [-0.39, 0.29) is 11.3 Å². The molecule has 2 aliphatic rings. The van der Waals surface area contributed by atoms with Crippen molar-refractivity contribution in [2.45, 2.75) is 19.0 Å². The largest absolute Gasteiger partial charge is 0.417 e. The van der Waals surface area contributed by atoms with E-state index in [0.717, 1.165) is 32.1 Å². The summed E-state index contributed by atoms with van der Waals surface area (Å²) >= 11 is 0. The third-order valence-corrected chi connectivity index (χ3v) is 6.99. The summed E-state index contributed by atoms with van der Waals surface area (Å²) < 4.78 is 56.3. The van der Waals surface area contributed by atoms with Crippen LogP contribution >= 0.6 is 0 Å². The predicted octanol–water partition coefficient (Wildman–Crippen LogP) is 3.59. The number of pyridine rings is 1. The Kier molecular flexibility index (Phi) is 7.25. The van der Waals surface area contributed by atoms with Crippen molar-refractivity contribution in [2.75, 3.05) is 61.4 Å². The van der Waals surface area contributed by atoms with E-state index in [9.17, 15) is 22.8 Å². The first-order valence-electron chi connectivity index (χ1n) is 12.6. The molecule has 4 heterocycles. The lowest BCUT2D eigenvalue weighted by atomic mass is 10.0. The molecule has 9 nitrogen and oxygen atoms in total. The van der Waals surface area contributed by atoms with Gasteiger partial charge >= 0.3 is 6.18 Å². The van der Waals surface area contributed by atoms with Crippen molar-refractivity contribution < 1.29 is 22.4 Å². The number of aromatic nitrogens is 3. The summed E-state index contributed by atoms with van der Waals surface area (Å²) in [6.07, 6.45) is 0.868. The number of rotatable bonds is 5. The molecule has 2 aliphatic heterocycles. The van der Waals surface area contributed by atoms with Crippen molar-refractivity contribution in [3.63, 3.8) is 0 Å². The molecule has 13 heteroatoms. The second kappa shape index (κ2) is 10.6. The number of nitrogens with one attached hydrogen (secondary N) is 2. The number of anilines is 3. The van der Waals surface area contributed by atoms with Crippen LogP contribution in [0, 0.1) is 5.82 Å². The van der Waals surface area contributed by atoms with E-state index in [0.29, 0.717) is 49.4 Å². The third kappa shape index (κ3) is 5.72. The zero-order valence-electron chi connectivity index (χ0n) is 21.2. The molecule has 0 aliphatic carbocycles. The van der Waals surface area contributed by atoms with Crippen molar-refractivity contribution in [3.8, 4) is 11.1 Å². The van der Waals surface area contributed by atoms with E-state index < -0.39 is 34.6 Å². The summed E-state index contributed by atoms with van der Waals surface area (Å²) in [5.41, 5.74) is -2.19. The van der Waals surface area contributed by atoms with Gasteiger partial charge in [0.15, 0.2) is 0 Å². The molecule has 2 aromatic heterocycles. The average molecular weight is 546 g/mol. The highest BCUT2D eigenvalue weighted by molar-refractivity contribution is 6.07. The fourth-order valence-corrected chi connectivity index (χ4v) is 4.82. The maximum Gasteiger partial charge on any atom is 0.417 e. The van der Waals surface area contributed by atoms with Crippen LogP contribution in [0.25, 0.3) is 11.1 Å². The molecular weight excluding hydrogens is 518 g/mol. The summed E-state index contributed by atoms with van der Waals surface area (Å²) in [4.78, 5) is 41.5. The van der Waals surface area contributed by atoms with E-state index in [4.69, 9.17) is 0 Å². The lowest BCUT2D eigenvalue weighted by molar-refractivity contribution is -0.138. The Morgan fingerprint density at radius 3 is 2.28 bits per heavy atom. The minimum atomic E-state index is -4.93. The van der Waals surface area contributed by atoms with Gasteiger partial charge in [0, 0.05) is 75.1 Å². The summed E-state index contributed by atoms with van der Waals surface area (Å²) in [6, 6.07) is 2.99. The van der Waals surface area contributed by atoms with Crippen LogP contribution in [0.2, 0.25) is 0 Å². The van der Waals surface area contributed by atoms with Gasteiger partial charge in [-0.1, -0.05) is 0 Å². The number of halogens is 4.